The van der Waals surface area contributed by atoms with E-state index in [0.29, 0.717) is 6.42 Å². The lowest BCUT2D eigenvalue weighted by Gasteiger charge is -2.40. The topological polar surface area (TPSA) is 61.8 Å². The molecule has 128 valence electrons. The second-order valence-electron chi connectivity index (χ2n) is 6.38. The number of ether oxygens (including phenoxy) is 1. The summed E-state index contributed by atoms with van der Waals surface area (Å²) in [5.41, 5.74) is 0.890. The van der Waals surface area contributed by atoms with Crippen molar-refractivity contribution in [2.45, 2.75) is 32.6 Å². The molecule has 0 radical (unpaired) electrons. The number of methoxy groups -OCH3 is 1. The van der Waals surface area contributed by atoms with Crippen LogP contribution in [0.1, 0.15) is 32.6 Å². The Morgan fingerprint density at radius 1 is 1.30 bits per heavy atom. The fourth-order valence-corrected chi connectivity index (χ4v) is 3.03. The van der Waals surface area contributed by atoms with Gasteiger partial charge in [-0.05, 0) is 62.0 Å². The van der Waals surface area contributed by atoms with Crippen molar-refractivity contribution in [1.82, 2.24) is 4.90 Å². The van der Waals surface area contributed by atoms with Gasteiger partial charge in [-0.1, -0.05) is 6.92 Å². The number of likely N-dealkylation sites (tertiary alicyclic amines) is 1. The number of carbonyl (C=O) groups excluding carboxylic acids is 1. The van der Waals surface area contributed by atoms with Crippen LogP contribution in [0.4, 0.5) is 5.69 Å². The smallest absolute Gasteiger partial charge is 0.225 e. The molecule has 1 aromatic rings. The third-order valence-corrected chi connectivity index (χ3v) is 5.03. The zero-order valence-corrected chi connectivity index (χ0v) is 14.2. The summed E-state index contributed by atoms with van der Waals surface area (Å²) in [6.45, 7) is 5.12. The Kier molecular flexibility index (Phi) is 6.42. The predicted molar refractivity (Wildman–Crippen MR) is 91.7 cm³/mol. The highest BCUT2D eigenvalue weighted by atomic mass is 16.5. The Morgan fingerprint density at radius 3 is 2.48 bits per heavy atom. The number of hydrogen-bond acceptors (Lipinski definition) is 4. The zero-order chi connectivity index (χ0) is 16.7. The summed E-state index contributed by atoms with van der Waals surface area (Å²) in [6, 6.07) is 7.35. The molecule has 1 heterocycles. The third kappa shape index (κ3) is 4.94. The molecule has 1 aliphatic heterocycles. The van der Waals surface area contributed by atoms with Gasteiger partial charge in [0.1, 0.15) is 5.75 Å². The van der Waals surface area contributed by atoms with Crippen molar-refractivity contribution in [3.8, 4) is 5.75 Å². The van der Waals surface area contributed by atoms with Crippen LogP contribution >= 0.6 is 0 Å². The number of amides is 1. The third-order valence-electron chi connectivity index (χ3n) is 5.03. The average molecular weight is 320 g/mol. The number of anilines is 1. The predicted octanol–water partition coefficient (Wildman–Crippen LogP) is 2.51. The van der Waals surface area contributed by atoms with Crippen LogP contribution in [-0.2, 0) is 4.79 Å². The molecule has 2 rings (SSSR count). The molecule has 0 aliphatic carbocycles. The van der Waals surface area contributed by atoms with Crippen molar-refractivity contribution < 1.29 is 14.6 Å². The largest absolute Gasteiger partial charge is 0.497 e. The van der Waals surface area contributed by atoms with Gasteiger partial charge in [0.25, 0.3) is 0 Å². The maximum atomic E-state index is 12.0. The Morgan fingerprint density at radius 2 is 1.96 bits per heavy atom. The monoisotopic (exact) mass is 320 g/mol. The highest BCUT2D eigenvalue weighted by Gasteiger charge is 2.32. The highest BCUT2D eigenvalue weighted by Crippen LogP contribution is 2.34. The van der Waals surface area contributed by atoms with E-state index in [0.717, 1.165) is 50.3 Å². The van der Waals surface area contributed by atoms with Gasteiger partial charge in [-0.15, -0.1) is 0 Å². The number of nitrogens with one attached hydrogen (secondary N) is 1. The van der Waals surface area contributed by atoms with E-state index in [-0.39, 0.29) is 17.9 Å². The van der Waals surface area contributed by atoms with Gasteiger partial charge >= 0.3 is 0 Å². The molecule has 1 aromatic carbocycles. The van der Waals surface area contributed by atoms with E-state index in [1.165, 1.54) is 0 Å². The molecule has 0 spiro atoms. The molecular weight excluding hydrogens is 292 g/mol. The minimum absolute atomic E-state index is 0.0321. The summed E-state index contributed by atoms with van der Waals surface area (Å²) in [7, 11) is 1.62. The Balaban J connectivity index is 1.72. The molecule has 1 aliphatic rings. The normalized spacial score (nSPS) is 17.7. The maximum absolute atomic E-state index is 12.0. The molecule has 5 nitrogen and oxygen atoms in total. The van der Waals surface area contributed by atoms with Crippen molar-refractivity contribution in [1.29, 1.82) is 0 Å². The maximum Gasteiger partial charge on any atom is 0.225 e. The molecule has 0 saturated carbocycles. The fraction of sp³-hybridized carbons (Fsp3) is 0.611. The van der Waals surface area contributed by atoms with Crippen LogP contribution < -0.4 is 10.1 Å². The second-order valence-corrected chi connectivity index (χ2v) is 6.38. The number of rotatable bonds is 7. The number of nitrogens with zero attached hydrogens (tertiary/aromatic N) is 1. The number of piperidine rings is 1. The number of benzene rings is 1. The SMILES string of the molecule is CCC1(CO)CCN(CCC(=O)Nc2ccc(OC)cc2)CC1. The first-order valence-corrected chi connectivity index (χ1v) is 8.38. The lowest BCUT2D eigenvalue weighted by Crippen LogP contribution is -2.42. The van der Waals surface area contributed by atoms with E-state index in [4.69, 9.17) is 4.74 Å². The number of hydrogen-bond donors (Lipinski definition) is 2. The lowest BCUT2D eigenvalue weighted by molar-refractivity contribution is -0.116. The van der Waals surface area contributed by atoms with Crippen LogP contribution in [0.15, 0.2) is 24.3 Å². The minimum atomic E-state index is 0.0321. The summed E-state index contributed by atoms with van der Waals surface area (Å²) in [5, 5.41) is 12.5. The number of carbonyl (C=O) groups is 1. The number of aliphatic hydroxyl groups excluding tert-OH is 1. The molecule has 0 aromatic heterocycles. The van der Waals surface area contributed by atoms with Crippen LogP contribution in [0.2, 0.25) is 0 Å². The van der Waals surface area contributed by atoms with Gasteiger partial charge in [0, 0.05) is 25.3 Å². The van der Waals surface area contributed by atoms with Gasteiger partial charge in [-0.3, -0.25) is 4.79 Å². The fourth-order valence-electron chi connectivity index (χ4n) is 3.03. The Bertz CT molecular complexity index is 487. The molecular formula is C18H28N2O3. The Hall–Kier alpha value is -1.59. The van der Waals surface area contributed by atoms with E-state index >= 15 is 0 Å². The van der Waals surface area contributed by atoms with Crippen molar-refractivity contribution in [3.63, 3.8) is 0 Å². The van der Waals surface area contributed by atoms with E-state index < -0.39 is 0 Å². The van der Waals surface area contributed by atoms with Crippen LogP contribution in [0.3, 0.4) is 0 Å². The summed E-state index contributed by atoms with van der Waals surface area (Å²) in [6.07, 6.45) is 3.54. The molecule has 0 unspecified atom stereocenters. The first-order valence-electron chi connectivity index (χ1n) is 8.38. The number of aliphatic hydroxyl groups is 1. The van der Waals surface area contributed by atoms with E-state index in [2.05, 4.69) is 17.1 Å². The molecule has 0 atom stereocenters. The van der Waals surface area contributed by atoms with Crippen molar-refractivity contribution >= 4 is 11.6 Å². The Labute approximate surface area is 138 Å². The van der Waals surface area contributed by atoms with E-state index in [1.54, 1.807) is 7.11 Å². The van der Waals surface area contributed by atoms with Gasteiger partial charge in [0.05, 0.1) is 7.11 Å². The highest BCUT2D eigenvalue weighted by molar-refractivity contribution is 5.90. The van der Waals surface area contributed by atoms with Gasteiger partial charge in [0.15, 0.2) is 0 Å². The van der Waals surface area contributed by atoms with Crippen LogP contribution in [-0.4, -0.2) is 49.3 Å². The van der Waals surface area contributed by atoms with Crippen molar-refractivity contribution in [2.24, 2.45) is 5.41 Å². The van der Waals surface area contributed by atoms with E-state index in [1.807, 2.05) is 24.3 Å². The first-order chi connectivity index (χ1) is 11.1. The molecule has 1 fully saturated rings. The summed E-state index contributed by atoms with van der Waals surface area (Å²) >= 11 is 0. The van der Waals surface area contributed by atoms with Crippen LogP contribution in [0.25, 0.3) is 0 Å². The zero-order valence-electron chi connectivity index (χ0n) is 14.2. The molecule has 23 heavy (non-hydrogen) atoms. The van der Waals surface area contributed by atoms with Gasteiger partial charge in [0.2, 0.25) is 5.91 Å². The van der Waals surface area contributed by atoms with Gasteiger partial charge in [-0.25, -0.2) is 0 Å². The molecule has 2 N–H and O–H groups in total. The van der Waals surface area contributed by atoms with Crippen molar-refractivity contribution in [3.05, 3.63) is 24.3 Å². The van der Waals surface area contributed by atoms with Crippen LogP contribution in [0, 0.1) is 5.41 Å². The van der Waals surface area contributed by atoms with Gasteiger partial charge < -0.3 is 20.1 Å². The lowest BCUT2D eigenvalue weighted by atomic mass is 9.77. The summed E-state index contributed by atoms with van der Waals surface area (Å²) in [5.74, 6) is 0.809. The van der Waals surface area contributed by atoms with Crippen LogP contribution in [0.5, 0.6) is 5.75 Å². The molecule has 5 heteroatoms. The molecule has 1 amide bonds. The summed E-state index contributed by atoms with van der Waals surface area (Å²) in [4.78, 5) is 14.4. The first kappa shape index (κ1) is 17.8. The minimum Gasteiger partial charge on any atom is -0.497 e. The van der Waals surface area contributed by atoms with E-state index in [9.17, 15) is 9.90 Å². The average Bonchev–Trinajstić information content (AvgIpc) is 2.61. The molecule has 1 saturated heterocycles. The molecule has 0 bridgehead atoms. The van der Waals surface area contributed by atoms with Crippen molar-refractivity contribution in [2.75, 3.05) is 38.7 Å². The second kappa shape index (κ2) is 8.31. The summed E-state index contributed by atoms with van der Waals surface area (Å²) < 4.78 is 5.10. The van der Waals surface area contributed by atoms with Gasteiger partial charge in [-0.2, -0.15) is 0 Å². The standard InChI is InChI=1S/C18H28N2O3/c1-3-18(14-21)9-12-20(13-10-18)11-8-17(22)19-15-4-6-16(23-2)7-5-15/h4-7,21H,3,8-14H2,1-2H3,(H,19,22). The quantitative estimate of drug-likeness (QED) is 0.810.